The number of fused-ring (bicyclic) bond motifs is 1. The Morgan fingerprint density at radius 2 is 1.81 bits per heavy atom. The van der Waals surface area contributed by atoms with Crippen molar-refractivity contribution in [2.75, 3.05) is 21.3 Å². The maximum absolute atomic E-state index is 14.7. The molecule has 5 N–H and O–H groups in total. The number of hydrogen-bond acceptors (Lipinski definition) is 7. The number of rotatable bonds is 8. The summed E-state index contributed by atoms with van der Waals surface area (Å²) in [5.41, 5.74) is 14.5. The number of aromatic nitrogens is 2. The van der Waals surface area contributed by atoms with Crippen LogP contribution >= 0.6 is 0 Å². The number of imidazole rings is 1. The average Bonchev–Trinajstić information content (AvgIpc) is 3.15. The van der Waals surface area contributed by atoms with Crippen LogP contribution in [0.2, 0.25) is 0 Å². The molecule has 2 aromatic carbocycles. The zero-order chi connectivity index (χ0) is 22.7. The monoisotopic (exact) mass is 427 g/mol. The van der Waals surface area contributed by atoms with E-state index in [1.807, 2.05) is 11.5 Å². The first kappa shape index (κ1) is 22.1. The Bertz CT molecular complexity index is 1130. The zero-order valence-corrected chi connectivity index (χ0v) is 17.9. The SMILES string of the molecule is CCn1c(C(N)c2cc(OC)c(OC)c(OC)c2)nc2cc(F)c(/C(C=N)=C/N)cc21. The fourth-order valence-corrected chi connectivity index (χ4v) is 3.60. The van der Waals surface area contributed by atoms with E-state index in [1.165, 1.54) is 33.6 Å². The number of aryl methyl sites for hydroxylation is 1. The average molecular weight is 427 g/mol. The molecule has 0 aliphatic carbocycles. The molecule has 3 rings (SSSR count). The molecule has 164 valence electrons. The minimum absolute atomic E-state index is 0.229. The molecular weight excluding hydrogens is 401 g/mol. The summed E-state index contributed by atoms with van der Waals surface area (Å²) in [4.78, 5) is 4.60. The van der Waals surface area contributed by atoms with Gasteiger partial charge in [0.05, 0.1) is 38.4 Å². The molecule has 0 radical (unpaired) electrons. The van der Waals surface area contributed by atoms with Crippen molar-refractivity contribution in [2.45, 2.75) is 19.5 Å². The Morgan fingerprint density at radius 1 is 1.16 bits per heavy atom. The number of nitrogens with zero attached hydrogens (tertiary/aromatic N) is 2. The minimum atomic E-state index is -0.639. The molecule has 0 aliphatic rings. The standard InChI is InChI=1S/C22H26FN5O3/c1-5-28-17-8-14(13(10-24)11-25)15(23)9-16(17)27-22(28)20(26)12-6-18(29-2)21(31-4)19(7-12)30-3/h6-11,20,24H,5,25-26H2,1-4H3/b13-11+,24-10?. The molecule has 1 unspecified atom stereocenters. The molecule has 0 saturated heterocycles. The van der Waals surface area contributed by atoms with Crippen LogP contribution in [-0.2, 0) is 6.54 Å². The topological polar surface area (TPSA) is 121 Å². The molecule has 0 aliphatic heterocycles. The van der Waals surface area contributed by atoms with Crippen LogP contribution in [0.5, 0.6) is 17.2 Å². The van der Waals surface area contributed by atoms with Gasteiger partial charge in [0.2, 0.25) is 5.75 Å². The highest BCUT2D eigenvalue weighted by Gasteiger charge is 2.23. The van der Waals surface area contributed by atoms with E-state index in [0.29, 0.717) is 46.2 Å². The molecule has 0 fully saturated rings. The van der Waals surface area contributed by atoms with Crippen molar-refractivity contribution < 1.29 is 18.6 Å². The van der Waals surface area contributed by atoms with Gasteiger partial charge in [-0.1, -0.05) is 0 Å². The summed E-state index contributed by atoms with van der Waals surface area (Å²) in [5.74, 6) is 1.45. The van der Waals surface area contributed by atoms with Crippen molar-refractivity contribution >= 4 is 22.8 Å². The van der Waals surface area contributed by atoms with Crippen molar-refractivity contribution in [1.29, 1.82) is 5.41 Å². The van der Waals surface area contributed by atoms with Gasteiger partial charge in [-0.2, -0.15) is 0 Å². The van der Waals surface area contributed by atoms with E-state index < -0.39 is 11.9 Å². The highest BCUT2D eigenvalue weighted by atomic mass is 19.1. The minimum Gasteiger partial charge on any atom is -0.493 e. The van der Waals surface area contributed by atoms with Crippen LogP contribution in [0.1, 0.15) is 29.9 Å². The smallest absolute Gasteiger partial charge is 0.203 e. The molecule has 0 saturated carbocycles. The Labute approximate surface area is 179 Å². The summed E-state index contributed by atoms with van der Waals surface area (Å²) >= 11 is 0. The third kappa shape index (κ3) is 3.79. The first-order valence-corrected chi connectivity index (χ1v) is 9.61. The van der Waals surface area contributed by atoms with E-state index in [-0.39, 0.29) is 11.1 Å². The lowest BCUT2D eigenvalue weighted by molar-refractivity contribution is 0.323. The van der Waals surface area contributed by atoms with E-state index in [0.717, 1.165) is 6.21 Å². The fraction of sp³-hybridized carbons (Fsp3) is 0.273. The Morgan fingerprint density at radius 3 is 2.29 bits per heavy atom. The molecule has 8 nitrogen and oxygen atoms in total. The van der Waals surface area contributed by atoms with Crippen molar-refractivity contribution in [3.8, 4) is 17.2 Å². The predicted octanol–water partition coefficient (Wildman–Crippen LogP) is 3.22. The molecule has 0 bridgehead atoms. The third-order valence-electron chi connectivity index (χ3n) is 5.15. The number of halogens is 1. The van der Waals surface area contributed by atoms with Gasteiger partial charge in [0.25, 0.3) is 0 Å². The van der Waals surface area contributed by atoms with E-state index in [2.05, 4.69) is 4.98 Å². The summed E-state index contributed by atoms with van der Waals surface area (Å²) < 4.78 is 32.8. The summed E-state index contributed by atoms with van der Waals surface area (Å²) in [6.07, 6.45) is 2.21. The zero-order valence-electron chi connectivity index (χ0n) is 17.9. The van der Waals surface area contributed by atoms with Crippen LogP contribution in [0.25, 0.3) is 16.6 Å². The number of hydrogen-bond donors (Lipinski definition) is 3. The van der Waals surface area contributed by atoms with Crippen LogP contribution in [0.4, 0.5) is 4.39 Å². The second-order valence-electron chi connectivity index (χ2n) is 6.74. The van der Waals surface area contributed by atoms with Crippen LogP contribution in [0.15, 0.2) is 30.5 Å². The van der Waals surface area contributed by atoms with E-state index in [1.54, 1.807) is 18.2 Å². The second kappa shape index (κ2) is 9.05. The maximum Gasteiger partial charge on any atom is 0.203 e. The van der Waals surface area contributed by atoms with Crippen LogP contribution < -0.4 is 25.7 Å². The maximum atomic E-state index is 14.7. The highest BCUT2D eigenvalue weighted by Crippen LogP contribution is 2.40. The van der Waals surface area contributed by atoms with Gasteiger partial charge in [-0.05, 0) is 30.7 Å². The second-order valence-corrected chi connectivity index (χ2v) is 6.74. The molecule has 0 spiro atoms. The number of benzene rings is 2. The van der Waals surface area contributed by atoms with Gasteiger partial charge >= 0.3 is 0 Å². The highest BCUT2D eigenvalue weighted by molar-refractivity contribution is 6.09. The van der Waals surface area contributed by atoms with Crippen LogP contribution in [0.3, 0.4) is 0 Å². The summed E-state index contributed by atoms with van der Waals surface area (Å²) in [5, 5.41) is 7.48. The Hall–Kier alpha value is -3.59. The lowest BCUT2D eigenvalue weighted by Gasteiger charge is -2.18. The summed E-state index contributed by atoms with van der Waals surface area (Å²) in [7, 11) is 4.59. The predicted molar refractivity (Wildman–Crippen MR) is 118 cm³/mol. The number of methoxy groups -OCH3 is 3. The van der Waals surface area contributed by atoms with Crippen molar-refractivity contribution in [2.24, 2.45) is 11.5 Å². The van der Waals surface area contributed by atoms with Gasteiger partial charge in [-0.3, -0.25) is 0 Å². The molecular formula is C22H26FN5O3. The van der Waals surface area contributed by atoms with Crippen molar-refractivity contribution in [3.05, 3.63) is 53.2 Å². The molecule has 31 heavy (non-hydrogen) atoms. The van der Waals surface area contributed by atoms with Crippen LogP contribution in [0, 0.1) is 11.2 Å². The van der Waals surface area contributed by atoms with Crippen LogP contribution in [-0.4, -0.2) is 37.1 Å². The molecule has 1 heterocycles. The Balaban J connectivity index is 2.20. The van der Waals surface area contributed by atoms with Gasteiger partial charge in [-0.25, -0.2) is 9.37 Å². The molecule has 1 aromatic heterocycles. The van der Waals surface area contributed by atoms with Gasteiger partial charge in [-0.15, -0.1) is 0 Å². The lowest BCUT2D eigenvalue weighted by Crippen LogP contribution is -2.18. The summed E-state index contributed by atoms with van der Waals surface area (Å²) in [6, 6.07) is 5.86. The fourth-order valence-electron chi connectivity index (χ4n) is 3.60. The number of ether oxygens (including phenoxy) is 3. The van der Waals surface area contributed by atoms with E-state index in [4.69, 9.17) is 31.1 Å². The van der Waals surface area contributed by atoms with Gasteiger partial charge in [0.1, 0.15) is 11.6 Å². The number of nitrogens with one attached hydrogen (secondary N) is 1. The summed E-state index contributed by atoms with van der Waals surface area (Å²) in [6.45, 7) is 2.51. The van der Waals surface area contributed by atoms with Gasteiger partial charge in [0.15, 0.2) is 11.5 Å². The first-order valence-electron chi connectivity index (χ1n) is 9.61. The van der Waals surface area contributed by atoms with Gasteiger partial charge < -0.3 is 35.7 Å². The van der Waals surface area contributed by atoms with Gasteiger partial charge in [0, 0.05) is 36.2 Å². The normalized spacial score (nSPS) is 12.6. The quantitative estimate of drug-likeness (QED) is 0.475. The number of allylic oxidation sites excluding steroid dienone is 1. The molecule has 0 amide bonds. The van der Waals surface area contributed by atoms with E-state index in [9.17, 15) is 4.39 Å². The lowest BCUT2D eigenvalue weighted by atomic mass is 10.1. The molecule has 3 aromatic rings. The Kier molecular flexibility index (Phi) is 6.45. The largest absolute Gasteiger partial charge is 0.493 e. The molecule has 9 heteroatoms. The van der Waals surface area contributed by atoms with E-state index >= 15 is 0 Å². The third-order valence-corrected chi connectivity index (χ3v) is 5.15. The van der Waals surface area contributed by atoms with Crippen molar-refractivity contribution in [3.63, 3.8) is 0 Å². The number of nitrogens with two attached hydrogens (primary N) is 2. The first-order chi connectivity index (χ1) is 14.9. The van der Waals surface area contributed by atoms with Crippen molar-refractivity contribution in [1.82, 2.24) is 9.55 Å². The molecule has 1 atom stereocenters.